The van der Waals surface area contributed by atoms with Crippen LogP contribution in [0, 0.1) is 0 Å². The summed E-state index contributed by atoms with van der Waals surface area (Å²) >= 11 is 0. The molecule has 1 amide bonds. The average molecular weight is 557 g/mol. The van der Waals surface area contributed by atoms with E-state index in [1.807, 2.05) is 24.5 Å². The topological polar surface area (TPSA) is 112 Å². The first kappa shape index (κ1) is 26.5. The van der Waals surface area contributed by atoms with Crippen LogP contribution in [0.15, 0.2) is 36.9 Å². The Bertz CT molecular complexity index is 1500. The van der Waals surface area contributed by atoms with Crippen LogP contribution >= 0.6 is 0 Å². The first-order valence-corrected chi connectivity index (χ1v) is 13.5. The molecule has 2 fully saturated rings. The molecule has 4 aromatic heterocycles. The minimum absolute atomic E-state index is 0.0247. The molecule has 2 aliphatic rings. The molecular weight excluding hydrogens is 525 g/mol. The van der Waals surface area contributed by atoms with Crippen LogP contribution in [0.5, 0.6) is 0 Å². The van der Waals surface area contributed by atoms with Crippen LogP contribution in [0.4, 0.5) is 19.1 Å². The van der Waals surface area contributed by atoms with E-state index in [2.05, 4.69) is 47.4 Å². The van der Waals surface area contributed by atoms with Crippen molar-refractivity contribution < 1.29 is 22.7 Å². The highest BCUT2D eigenvalue weighted by molar-refractivity contribution is 6.02. The van der Waals surface area contributed by atoms with Crippen molar-refractivity contribution in [3.8, 4) is 11.1 Å². The summed E-state index contributed by atoms with van der Waals surface area (Å²) in [6.07, 6.45) is 5.16. The minimum atomic E-state index is -4.60. The highest BCUT2D eigenvalue weighted by Crippen LogP contribution is 2.31. The fraction of sp³-hybridized carbons (Fsp3) is 0.481. The lowest BCUT2D eigenvalue weighted by atomic mass is 9.93. The molecule has 4 aromatic rings. The first-order valence-electron chi connectivity index (χ1n) is 13.5. The van der Waals surface area contributed by atoms with Gasteiger partial charge in [-0.05, 0) is 76.4 Å². The van der Waals surface area contributed by atoms with Gasteiger partial charge in [-0.25, -0.2) is 9.50 Å². The number of likely N-dealkylation sites (tertiary alicyclic amines) is 1. The number of anilines is 1. The summed E-state index contributed by atoms with van der Waals surface area (Å²) < 4.78 is 43.3. The summed E-state index contributed by atoms with van der Waals surface area (Å²) in [5.41, 5.74) is 3.65. The third-order valence-electron chi connectivity index (χ3n) is 7.87. The molecular formula is C27H31F3N8O2. The van der Waals surface area contributed by atoms with E-state index in [0.717, 1.165) is 42.4 Å². The molecule has 5 heterocycles. The number of carbonyl (C=O) groups excluding carboxylic acids is 1. The second-order valence-corrected chi connectivity index (χ2v) is 10.7. The zero-order valence-corrected chi connectivity index (χ0v) is 22.0. The normalized spacial score (nSPS) is 21.2. The summed E-state index contributed by atoms with van der Waals surface area (Å²) in [4.78, 5) is 27.6. The Morgan fingerprint density at radius 3 is 2.62 bits per heavy atom. The maximum atomic E-state index is 13.1. The number of fused-ring (bicyclic) bond motifs is 2. The number of ether oxygens (including phenoxy) is 1. The number of nitrogens with one attached hydrogen (secondary N) is 3. The van der Waals surface area contributed by atoms with Crippen LogP contribution in [-0.2, 0) is 4.74 Å². The van der Waals surface area contributed by atoms with Gasteiger partial charge in [-0.1, -0.05) is 0 Å². The number of piperidine rings is 1. The zero-order valence-electron chi connectivity index (χ0n) is 22.0. The van der Waals surface area contributed by atoms with Crippen LogP contribution < -0.4 is 10.6 Å². The van der Waals surface area contributed by atoms with E-state index < -0.39 is 12.5 Å². The predicted octanol–water partition coefficient (Wildman–Crippen LogP) is 4.36. The number of alkyl halides is 3. The summed E-state index contributed by atoms with van der Waals surface area (Å²) in [6.45, 7) is 1.92. The molecule has 1 aliphatic heterocycles. The molecule has 0 aromatic carbocycles. The molecule has 0 atom stereocenters. The third-order valence-corrected chi connectivity index (χ3v) is 7.87. The number of hydrogen-bond donors (Lipinski definition) is 3. The predicted molar refractivity (Wildman–Crippen MR) is 143 cm³/mol. The molecule has 0 bridgehead atoms. The van der Waals surface area contributed by atoms with Gasteiger partial charge in [-0.15, -0.1) is 13.2 Å². The summed E-state index contributed by atoms with van der Waals surface area (Å²) in [5, 5.41) is 11.6. The molecule has 1 saturated carbocycles. The van der Waals surface area contributed by atoms with Crippen molar-refractivity contribution in [3.05, 3.63) is 42.5 Å². The van der Waals surface area contributed by atoms with Crippen molar-refractivity contribution in [1.29, 1.82) is 0 Å². The van der Waals surface area contributed by atoms with Crippen molar-refractivity contribution in [2.45, 2.75) is 63.1 Å². The fourth-order valence-corrected chi connectivity index (χ4v) is 5.65. The smallest absolute Gasteiger partial charge is 0.351 e. The number of aromatic amines is 1. The number of nitrogens with zero attached hydrogens (tertiary/aromatic N) is 5. The van der Waals surface area contributed by atoms with E-state index in [1.165, 1.54) is 0 Å². The maximum Gasteiger partial charge on any atom is 0.522 e. The third kappa shape index (κ3) is 5.75. The summed E-state index contributed by atoms with van der Waals surface area (Å²) in [5.74, 6) is 0.291. The van der Waals surface area contributed by atoms with Gasteiger partial charge in [-0.3, -0.25) is 9.53 Å². The van der Waals surface area contributed by atoms with Gasteiger partial charge < -0.3 is 20.5 Å². The van der Waals surface area contributed by atoms with Crippen molar-refractivity contribution in [1.82, 2.24) is 34.8 Å². The van der Waals surface area contributed by atoms with Crippen LogP contribution in [0.2, 0.25) is 0 Å². The molecule has 0 spiro atoms. The van der Waals surface area contributed by atoms with Crippen LogP contribution in [0.1, 0.15) is 48.9 Å². The number of H-pyrrole nitrogens is 1. The Labute approximate surface area is 228 Å². The Morgan fingerprint density at radius 1 is 1.10 bits per heavy atom. The number of rotatable bonds is 6. The Hall–Kier alpha value is -3.71. The standard InChI is InChI=1S/C27H31F3N8O2/c1-37-9-7-18(8-10-37)34-25(39)22-15-33-38-11-6-16(12-23(22)38)20-13-31-24-21(20)14-32-26(36-24)35-17-2-4-19(5-3-17)40-27(28,29)30/h6,11-15,17-19H,2-5,7-10H2,1H3,(H,34,39)(H2,31,32,35,36). The highest BCUT2D eigenvalue weighted by atomic mass is 19.4. The van der Waals surface area contributed by atoms with E-state index in [-0.39, 0.29) is 18.0 Å². The molecule has 0 unspecified atom stereocenters. The maximum absolute atomic E-state index is 13.1. The van der Waals surface area contributed by atoms with Gasteiger partial charge >= 0.3 is 6.36 Å². The van der Waals surface area contributed by atoms with Gasteiger partial charge in [0, 0.05) is 41.6 Å². The second kappa shape index (κ2) is 10.7. The fourth-order valence-electron chi connectivity index (χ4n) is 5.65. The van der Waals surface area contributed by atoms with Gasteiger partial charge in [0.2, 0.25) is 5.95 Å². The van der Waals surface area contributed by atoms with E-state index in [1.54, 1.807) is 16.9 Å². The monoisotopic (exact) mass is 556 g/mol. The number of aromatic nitrogens is 5. The average Bonchev–Trinajstić information content (AvgIpc) is 3.54. The second-order valence-electron chi connectivity index (χ2n) is 10.7. The molecule has 1 aliphatic carbocycles. The van der Waals surface area contributed by atoms with Gasteiger partial charge in [0.25, 0.3) is 5.91 Å². The lowest BCUT2D eigenvalue weighted by Crippen LogP contribution is -2.43. The van der Waals surface area contributed by atoms with Crippen LogP contribution in [0.25, 0.3) is 27.7 Å². The molecule has 1 saturated heterocycles. The van der Waals surface area contributed by atoms with Crippen LogP contribution in [-0.4, -0.2) is 80.1 Å². The van der Waals surface area contributed by atoms with Crippen molar-refractivity contribution in [2.24, 2.45) is 0 Å². The van der Waals surface area contributed by atoms with Crippen molar-refractivity contribution in [2.75, 3.05) is 25.5 Å². The minimum Gasteiger partial charge on any atom is -0.351 e. The Balaban J connectivity index is 1.16. The lowest BCUT2D eigenvalue weighted by molar-refractivity contribution is -0.345. The highest BCUT2D eigenvalue weighted by Gasteiger charge is 2.35. The van der Waals surface area contributed by atoms with Crippen molar-refractivity contribution >= 4 is 28.4 Å². The zero-order chi connectivity index (χ0) is 27.9. The number of carbonyl (C=O) groups is 1. The van der Waals surface area contributed by atoms with E-state index in [0.29, 0.717) is 48.4 Å². The molecule has 10 nitrogen and oxygen atoms in total. The van der Waals surface area contributed by atoms with E-state index in [4.69, 9.17) is 0 Å². The molecule has 212 valence electrons. The summed E-state index contributed by atoms with van der Waals surface area (Å²) in [6, 6.07) is 3.99. The van der Waals surface area contributed by atoms with Gasteiger partial charge in [0.05, 0.1) is 23.4 Å². The Kier molecular flexibility index (Phi) is 7.09. The SMILES string of the molecule is CN1CCC(NC(=O)c2cnn3ccc(-c4c[nH]c5nc(NC6CCC(OC(F)(F)F)CC6)ncc45)cc23)CC1. The van der Waals surface area contributed by atoms with Crippen molar-refractivity contribution in [3.63, 3.8) is 0 Å². The van der Waals surface area contributed by atoms with Crippen LogP contribution in [0.3, 0.4) is 0 Å². The number of pyridine rings is 1. The van der Waals surface area contributed by atoms with Gasteiger partial charge in [0.15, 0.2) is 0 Å². The van der Waals surface area contributed by atoms with E-state index in [9.17, 15) is 18.0 Å². The van der Waals surface area contributed by atoms with Gasteiger partial charge in [-0.2, -0.15) is 10.1 Å². The largest absolute Gasteiger partial charge is 0.522 e. The molecule has 13 heteroatoms. The number of hydrogen-bond acceptors (Lipinski definition) is 7. The molecule has 40 heavy (non-hydrogen) atoms. The quantitative estimate of drug-likeness (QED) is 0.324. The number of halogens is 3. The summed E-state index contributed by atoms with van der Waals surface area (Å²) in [7, 11) is 2.09. The molecule has 6 rings (SSSR count). The molecule has 3 N–H and O–H groups in total. The number of amides is 1. The van der Waals surface area contributed by atoms with E-state index >= 15 is 0 Å². The van der Waals surface area contributed by atoms with Gasteiger partial charge in [0.1, 0.15) is 5.65 Å². The first-order chi connectivity index (χ1) is 19.2. The molecule has 0 radical (unpaired) electrons. The Morgan fingerprint density at radius 2 is 1.88 bits per heavy atom. The lowest BCUT2D eigenvalue weighted by Gasteiger charge is -2.29.